The van der Waals surface area contributed by atoms with Crippen molar-refractivity contribution < 1.29 is 14.4 Å². The third kappa shape index (κ3) is 5.06. The van der Waals surface area contributed by atoms with Crippen LogP contribution in [0.3, 0.4) is 0 Å². The minimum atomic E-state index is -0.858. The van der Waals surface area contributed by atoms with Gasteiger partial charge < -0.3 is 0 Å². The molecular formula is C24H14Br2Cl2N2O3. The van der Waals surface area contributed by atoms with Crippen LogP contribution in [0.15, 0.2) is 75.2 Å². The summed E-state index contributed by atoms with van der Waals surface area (Å²) < 4.78 is 1.74. The Morgan fingerprint density at radius 3 is 2.36 bits per heavy atom. The Kier molecular flexibility index (Phi) is 7.05. The van der Waals surface area contributed by atoms with Crippen molar-refractivity contribution in [2.24, 2.45) is 0 Å². The van der Waals surface area contributed by atoms with E-state index < -0.39 is 17.8 Å². The zero-order valence-corrected chi connectivity index (χ0v) is 21.4. The Balaban J connectivity index is 1.76. The second kappa shape index (κ2) is 9.81. The summed E-state index contributed by atoms with van der Waals surface area (Å²) in [6, 6.07) is 16.9. The van der Waals surface area contributed by atoms with Crippen molar-refractivity contribution in [3.05, 3.63) is 102 Å². The van der Waals surface area contributed by atoms with E-state index in [1.54, 1.807) is 0 Å². The molecule has 9 heteroatoms. The van der Waals surface area contributed by atoms with Gasteiger partial charge in [0.25, 0.3) is 11.8 Å². The third-order valence-corrected chi connectivity index (χ3v) is 7.02. The minimum absolute atomic E-state index is 0.174. The number of nitrogens with one attached hydrogen (secondary N) is 1. The maximum absolute atomic E-state index is 13.2. The van der Waals surface area contributed by atoms with Crippen molar-refractivity contribution >= 4 is 84.7 Å². The van der Waals surface area contributed by atoms with Crippen molar-refractivity contribution in [2.45, 2.75) is 6.42 Å². The Morgan fingerprint density at radius 2 is 1.64 bits per heavy atom. The quantitative estimate of drug-likeness (QED) is 0.262. The zero-order valence-electron chi connectivity index (χ0n) is 16.7. The number of hydrogen-bond donors (Lipinski definition) is 1. The molecule has 1 aliphatic rings. The third-order valence-electron chi connectivity index (χ3n) is 5.01. The van der Waals surface area contributed by atoms with Crippen LogP contribution in [-0.4, -0.2) is 17.8 Å². The van der Waals surface area contributed by atoms with E-state index in [0.717, 1.165) is 25.0 Å². The molecule has 33 heavy (non-hydrogen) atoms. The number of halogens is 4. The first-order valence-electron chi connectivity index (χ1n) is 9.63. The van der Waals surface area contributed by atoms with Gasteiger partial charge in [-0.05, 0) is 65.6 Å². The second-order valence-electron chi connectivity index (χ2n) is 7.17. The lowest BCUT2D eigenvalue weighted by Crippen LogP contribution is -2.54. The SMILES string of the molecule is O=C1NC(=O)N(c2ccc(Cl)c(Cl)c2)C(=O)/C1=C/c1cc(Br)ccc1Cc1ccccc1Br. The molecule has 0 atom stereocenters. The van der Waals surface area contributed by atoms with Crippen LogP contribution in [-0.2, 0) is 16.0 Å². The summed E-state index contributed by atoms with van der Waals surface area (Å²) >= 11 is 19.0. The van der Waals surface area contributed by atoms with Gasteiger partial charge in [0.1, 0.15) is 5.57 Å². The number of urea groups is 1. The number of imide groups is 2. The molecular weight excluding hydrogens is 595 g/mol. The monoisotopic (exact) mass is 606 g/mol. The van der Waals surface area contributed by atoms with Gasteiger partial charge in [-0.2, -0.15) is 0 Å². The van der Waals surface area contributed by atoms with Gasteiger partial charge in [0.2, 0.25) is 0 Å². The molecule has 0 spiro atoms. The van der Waals surface area contributed by atoms with Crippen LogP contribution in [0.5, 0.6) is 0 Å². The summed E-state index contributed by atoms with van der Waals surface area (Å²) in [7, 11) is 0. The molecule has 0 aliphatic carbocycles. The molecule has 1 heterocycles. The van der Waals surface area contributed by atoms with Crippen molar-refractivity contribution in [1.82, 2.24) is 5.32 Å². The Labute approximate surface area is 216 Å². The number of barbiturate groups is 1. The van der Waals surface area contributed by atoms with Crippen molar-refractivity contribution in [3.63, 3.8) is 0 Å². The Bertz CT molecular complexity index is 1340. The topological polar surface area (TPSA) is 66.5 Å². The summed E-state index contributed by atoms with van der Waals surface area (Å²) in [5, 5.41) is 2.68. The van der Waals surface area contributed by atoms with Crippen molar-refractivity contribution in [1.29, 1.82) is 0 Å². The van der Waals surface area contributed by atoms with E-state index in [2.05, 4.69) is 37.2 Å². The highest BCUT2D eigenvalue weighted by molar-refractivity contribution is 9.10. The van der Waals surface area contributed by atoms with E-state index in [-0.39, 0.29) is 21.3 Å². The molecule has 1 fully saturated rings. The van der Waals surface area contributed by atoms with Gasteiger partial charge in [-0.1, -0.05) is 79.3 Å². The molecule has 0 unspecified atom stereocenters. The first-order chi connectivity index (χ1) is 15.7. The van der Waals surface area contributed by atoms with Crippen LogP contribution >= 0.6 is 55.1 Å². The number of carbonyl (C=O) groups is 3. The molecule has 4 rings (SSSR count). The largest absolute Gasteiger partial charge is 0.335 e. The highest BCUT2D eigenvalue weighted by Gasteiger charge is 2.37. The molecule has 5 nitrogen and oxygen atoms in total. The van der Waals surface area contributed by atoms with E-state index in [1.807, 2.05) is 42.5 Å². The lowest BCUT2D eigenvalue weighted by Gasteiger charge is -2.26. The van der Waals surface area contributed by atoms with Crippen LogP contribution in [0.25, 0.3) is 6.08 Å². The number of nitrogens with zero attached hydrogens (tertiary/aromatic N) is 1. The normalized spacial score (nSPS) is 15.2. The zero-order chi connectivity index (χ0) is 23.7. The van der Waals surface area contributed by atoms with Crippen molar-refractivity contribution in [2.75, 3.05) is 4.90 Å². The van der Waals surface area contributed by atoms with E-state index in [9.17, 15) is 14.4 Å². The number of benzene rings is 3. The highest BCUT2D eigenvalue weighted by Crippen LogP contribution is 2.30. The minimum Gasteiger partial charge on any atom is -0.273 e. The van der Waals surface area contributed by atoms with Gasteiger partial charge in [0, 0.05) is 8.95 Å². The van der Waals surface area contributed by atoms with Crippen LogP contribution in [0.4, 0.5) is 10.5 Å². The first-order valence-corrected chi connectivity index (χ1v) is 12.0. The molecule has 166 valence electrons. The molecule has 3 aromatic rings. The number of carbonyl (C=O) groups excluding carboxylic acids is 3. The van der Waals surface area contributed by atoms with Gasteiger partial charge in [0.05, 0.1) is 15.7 Å². The first kappa shape index (κ1) is 23.7. The van der Waals surface area contributed by atoms with E-state index in [0.29, 0.717) is 12.0 Å². The fourth-order valence-electron chi connectivity index (χ4n) is 3.38. The summed E-state index contributed by atoms with van der Waals surface area (Å²) in [4.78, 5) is 39.2. The summed E-state index contributed by atoms with van der Waals surface area (Å²) in [5.74, 6) is -1.53. The Morgan fingerprint density at radius 1 is 0.879 bits per heavy atom. The maximum Gasteiger partial charge on any atom is 0.335 e. The molecule has 0 radical (unpaired) electrons. The predicted molar refractivity (Wildman–Crippen MR) is 137 cm³/mol. The van der Waals surface area contributed by atoms with Crippen LogP contribution in [0.2, 0.25) is 10.0 Å². The molecule has 0 saturated carbocycles. The van der Waals surface area contributed by atoms with Crippen LogP contribution < -0.4 is 10.2 Å². The maximum atomic E-state index is 13.2. The van der Waals surface area contributed by atoms with E-state index >= 15 is 0 Å². The molecule has 3 aromatic carbocycles. The average Bonchev–Trinajstić information content (AvgIpc) is 2.76. The summed E-state index contributed by atoms with van der Waals surface area (Å²) in [6.07, 6.45) is 2.06. The lowest BCUT2D eigenvalue weighted by molar-refractivity contribution is -0.122. The number of rotatable bonds is 4. The highest BCUT2D eigenvalue weighted by atomic mass is 79.9. The van der Waals surface area contributed by atoms with E-state index in [1.165, 1.54) is 24.3 Å². The molecule has 0 aromatic heterocycles. The van der Waals surface area contributed by atoms with Crippen molar-refractivity contribution in [3.8, 4) is 0 Å². The van der Waals surface area contributed by atoms with Gasteiger partial charge in [0.15, 0.2) is 0 Å². The van der Waals surface area contributed by atoms with Gasteiger partial charge in [-0.25, -0.2) is 9.69 Å². The fourth-order valence-corrected chi connectivity index (χ4v) is 4.48. The van der Waals surface area contributed by atoms with E-state index in [4.69, 9.17) is 23.2 Å². The smallest absolute Gasteiger partial charge is 0.273 e. The molecule has 1 saturated heterocycles. The van der Waals surface area contributed by atoms with Gasteiger partial charge in [-0.15, -0.1) is 0 Å². The summed E-state index contributed by atoms with van der Waals surface area (Å²) in [6.45, 7) is 0. The van der Waals surface area contributed by atoms with Gasteiger partial charge in [-0.3, -0.25) is 14.9 Å². The lowest BCUT2D eigenvalue weighted by atomic mass is 9.97. The standard InChI is InChI=1S/C24H14Br2Cl2N2O3/c25-16-6-5-13(9-14-3-1-2-4-19(14)26)15(10-16)11-18-22(31)29-24(33)30(23(18)32)17-7-8-20(27)21(28)12-17/h1-8,10-12H,9H2,(H,29,31,33)/b18-11+. The van der Waals surface area contributed by atoms with Gasteiger partial charge >= 0.3 is 6.03 Å². The second-order valence-corrected chi connectivity index (χ2v) is 9.75. The predicted octanol–water partition coefficient (Wildman–Crippen LogP) is 6.78. The van der Waals surface area contributed by atoms with Crippen LogP contribution in [0.1, 0.15) is 16.7 Å². The molecule has 4 amide bonds. The Hall–Kier alpha value is -2.45. The number of hydrogen-bond acceptors (Lipinski definition) is 3. The van der Waals surface area contributed by atoms with Crippen LogP contribution in [0, 0.1) is 0 Å². The molecule has 0 bridgehead atoms. The fraction of sp³-hybridized carbons (Fsp3) is 0.0417. The molecule has 1 N–H and O–H groups in total. The summed E-state index contributed by atoms with van der Waals surface area (Å²) in [5.41, 5.74) is 2.64. The number of anilines is 1. The average molecular weight is 609 g/mol. The molecule has 1 aliphatic heterocycles. The number of amides is 4.